The van der Waals surface area contributed by atoms with Crippen molar-refractivity contribution in [3.63, 3.8) is 0 Å². The molecule has 0 spiro atoms. The van der Waals surface area contributed by atoms with Gasteiger partial charge in [0.15, 0.2) is 0 Å². The Kier molecular flexibility index (Phi) is 8.42. The van der Waals surface area contributed by atoms with Gasteiger partial charge in [-0.15, -0.1) is 0 Å². The molecule has 1 saturated heterocycles. The molecule has 0 aromatic heterocycles. The van der Waals surface area contributed by atoms with Gasteiger partial charge in [0.2, 0.25) is 11.8 Å². The van der Waals surface area contributed by atoms with Gasteiger partial charge in [0.05, 0.1) is 6.42 Å². The molecule has 1 aliphatic rings. The number of hydrogen-bond acceptors (Lipinski definition) is 3. The monoisotopic (exact) mass is 435 g/mol. The largest absolute Gasteiger partial charge is 0.354 e. The topological polar surface area (TPSA) is 78.5 Å². The van der Waals surface area contributed by atoms with Crippen LogP contribution >= 0.6 is 0 Å². The van der Waals surface area contributed by atoms with Gasteiger partial charge in [0.1, 0.15) is 6.04 Å². The van der Waals surface area contributed by atoms with Crippen molar-refractivity contribution in [1.29, 1.82) is 0 Å². The van der Waals surface area contributed by atoms with Crippen LogP contribution in [0.1, 0.15) is 47.7 Å². The molecular weight excluding hydrogens is 402 g/mol. The Balaban J connectivity index is 1.64. The van der Waals surface area contributed by atoms with E-state index in [9.17, 15) is 14.4 Å². The lowest BCUT2D eigenvalue weighted by Gasteiger charge is -2.36. The molecule has 2 aromatic carbocycles. The molecule has 170 valence electrons. The molecule has 2 N–H and O–H groups in total. The van der Waals surface area contributed by atoms with E-state index in [-0.39, 0.29) is 23.6 Å². The predicted octanol–water partition coefficient (Wildman–Crippen LogP) is 3.10. The Morgan fingerprint density at radius 2 is 1.66 bits per heavy atom. The number of piperidine rings is 1. The Labute approximate surface area is 190 Å². The Bertz CT molecular complexity index is 921. The van der Waals surface area contributed by atoms with Crippen LogP contribution in [0.3, 0.4) is 0 Å². The number of benzene rings is 2. The number of aryl methyl sites for hydroxylation is 1. The standard InChI is InChI=1S/C26H33N3O3/c1-3-15-27-26(32)24(28-25(31)22-12-8-7-9-19(22)2)21-13-16-29(17-14-21)23(30)18-20-10-5-4-6-11-20/h4-12,21,24H,3,13-18H2,1-2H3,(H,27,32)(H,28,31). The fourth-order valence-corrected chi connectivity index (χ4v) is 4.17. The van der Waals surface area contributed by atoms with Crippen LogP contribution in [0.4, 0.5) is 0 Å². The molecule has 6 heteroatoms. The summed E-state index contributed by atoms with van der Waals surface area (Å²) in [5.41, 5.74) is 2.46. The molecule has 1 unspecified atom stereocenters. The van der Waals surface area contributed by atoms with Crippen molar-refractivity contribution in [3.8, 4) is 0 Å². The summed E-state index contributed by atoms with van der Waals surface area (Å²) in [6.45, 7) is 5.64. The van der Waals surface area contributed by atoms with E-state index in [0.717, 1.165) is 17.5 Å². The van der Waals surface area contributed by atoms with Crippen LogP contribution in [-0.2, 0) is 16.0 Å². The summed E-state index contributed by atoms with van der Waals surface area (Å²) in [7, 11) is 0. The summed E-state index contributed by atoms with van der Waals surface area (Å²) < 4.78 is 0. The van der Waals surface area contributed by atoms with Crippen LogP contribution in [0.5, 0.6) is 0 Å². The van der Waals surface area contributed by atoms with E-state index >= 15 is 0 Å². The number of carbonyl (C=O) groups excluding carboxylic acids is 3. The van der Waals surface area contributed by atoms with Crippen LogP contribution in [0.25, 0.3) is 0 Å². The van der Waals surface area contributed by atoms with Gasteiger partial charge in [-0.1, -0.05) is 55.5 Å². The minimum Gasteiger partial charge on any atom is -0.354 e. The SMILES string of the molecule is CCCNC(=O)C(NC(=O)c1ccccc1C)C1CCN(C(=O)Cc2ccccc2)CC1. The number of carbonyl (C=O) groups is 3. The van der Waals surface area contributed by atoms with E-state index in [0.29, 0.717) is 44.5 Å². The minimum absolute atomic E-state index is 0.0133. The zero-order valence-corrected chi connectivity index (χ0v) is 19.0. The van der Waals surface area contributed by atoms with Gasteiger partial charge in [0.25, 0.3) is 5.91 Å². The third-order valence-corrected chi connectivity index (χ3v) is 6.07. The van der Waals surface area contributed by atoms with Gasteiger partial charge in [-0.2, -0.15) is 0 Å². The first-order chi connectivity index (χ1) is 15.5. The molecule has 1 atom stereocenters. The molecule has 0 saturated carbocycles. The molecule has 3 rings (SSSR count). The van der Waals surface area contributed by atoms with E-state index in [4.69, 9.17) is 0 Å². The highest BCUT2D eigenvalue weighted by atomic mass is 16.2. The van der Waals surface area contributed by atoms with Crippen molar-refractivity contribution in [2.24, 2.45) is 5.92 Å². The maximum atomic E-state index is 12.9. The summed E-state index contributed by atoms with van der Waals surface area (Å²) in [6, 6.07) is 16.5. The first kappa shape index (κ1) is 23.5. The molecule has 2 aromatic rings. The normalized spacial score (nSPS) is 15.1. The molecule has 0 aliphatic carbocycles. The molecule has 0 bridgehead atoms. The molecule has 32 heavy (non-hydrogen) atoms. The van der Waals surface area contributed by atoms with Crippen LogP contribution in [0.2, 0.25) is 0 Å². The average molecular weight is 436 g/mol. The minimum atomic E-state index is -0.611. The highest BCUT2D eigenvalue weighted by Crippen LogP contribution is 2.22. The van der Waals surface area contributed by atoms with Crippen LogP contribution in [-0.4, -0.2) is 48.3 Å². The highest BCUT2D eigenvalue weighted by Gasteiger charge is 2.34. The fraction of sp³-hybridized carbons (Fsp3) is 0.423. The van der Waals surface area contributed by atoms with E-state index in [1.54, 1.807) is 6.07 Å². The first-order valence-electron chi connectivity index (χ1n) is 11.5. The summed E-state index contributed by atoms with van der Waals surface area (Å²) in [5.74, 6) is -0.295. The second-order valence-corrected chi connectivity index (χ2v) is 8.44. The molecule has 0 radical (unpaired) electrons. The Morgan fingerprint density at radius 3 is 2.31 bits per heavy atom. The summed E-state index contributed by atoms with van der Waals surface area (Å²) in [6.07, 6.45) is 2.57. The first-order valence-corrected chi connectivity index (χ1v) is 11.5. The number of nitrogens with zero attached hydrogens (tertiary/aromatic N) is 1. The number of nitrogens with one attached hydrogen (secondary N) is 2. The fourth-order valence-electron chi connectivity index (χ4n) is 4.17. The van der Waals surface area contributed by atoms with Crippen LogP contribution in [0, 0.1) is 12.8 Å². The van der Waals surface area contributed by atoms with E-state index in [1.807, 2.05) is 67.3 Å². The van der Waals surface area contributed by atoms with Crippen molar-refractivity contribution in [3.05, 3.63) is 71.3 Å². The Hall–Kier alpha value is -3.15. The Morgan fingerprint density at radius 1 is 1.00 bits per heavy atom. The van der Waals surface area contributed by atoms with Crippen LogP contribution < -0.4 is 10.6 Å². The second kappa shape index (κ2) is 11.5. The molecule has 1 heterocycles. The summed E-state index contributed by atoms with van der Waals surface area (Å²) in [5, 5.41) is 5.92. The number of rotatable bonds is 8. The highest BCUT2D eigenvalue weighted by molar-refractivity contribution is 5.98. The average Bonchev–Trinajstić information content (AvgIpc) is 2.82. The van der Waals surface area contributed by atoms with Gasteiger partial charge in [0, 0.05) is 25.2 Å². The lowest BCUT2D eigenvalue weighted by Crippen LogP contribution is -2.54. The molecular formula is C26H33N3O3. The van der Waals surface area contributed by atoms with E-state index < -0.39 is 6.04 Å². The van der Waals surface area contributed by atoms with Crippen molar-refractivity contribution in [2.45, 2.75) is 45.6 Å². The van der Waals surface area contributed by atoms with Crippen molar-refractivity contribution >= 4 is 17.7 Å². The maximum Gasteiger partial charge on any atom is 0.252 e. The van der Waals surface area contributed by atoms with E-state index in [2.05, 4.69) is 10.6 Å². The lowest BCUT2D eigenvalue weighted by atomic mass is 9.88. The summed E-state index contributed by atoms with van der Waals surface area (Å²) in [4.78, 5) is 40.4. The second-order valence-electron chi connectivity index (χ2n) is 8.44. The smallest absolute Gasteiger partial charge is 0.252 e. The van der Waals surface area contributed by atoms with Crippen LogP contribution in [0.15, 0.2) is 54.6 Å². The zero-order chi connectivity index (χ0) is 22.9. The molecule has 6 nitrogen and oxygen atoms in total. The number of amides is 3. The maximum absolute atomic E-state index is 12.9. The van der Waals surface area contributed by atoms with E-state index in [1.165, 1.54) is 0 Å². The number of hydrogen-bond donors (Lipinski definition) is 2. The number of likely N-dealkylation sites (tertiary alicyclic amines) is 1. The third-order valence-electron chi connectivity index (χ3n) is 6.07. The van der Waals surface area contributed by atoms with Gasteiger partial charge in [-0.05, 0) is 49.3 Å². The lowest BCUT2D eigenvalue weighted by molar-refractivity contribution is -0.132. The predicted molar refractivity (Wildman–Crippen MR) is 125 cm³/mol. The van der Waals surface area contributed by atoms with Crippen molar-refractivity contribution < 1.29 is 14.4 Å². The van der Waals surface area contributed by atoms with Gasteiger partial charge in [-0.3, -0.25) is 14.4 Å². The van der Waals surface area contributed by atoms with Gasteiger partial charge in [-0.25, -0.2) is 0 Å². The zero-order valence-electron chi connectivity index (χ0n) is 19.0. The van der Waals surface area contributed by atoms with Gasteiger partial charge >= 0.3 is 0 Å². The molecule has 3 amide bonds. The molecule has 1 aliphatic heterocycles. The van der Waals surface area contributed by atoms with Crippen molar-refractivity contribution in [2.75, 3.05) is 19.6 Å². The van der Waals surface area contributed by atoms with Crippen molar-refractivity contribution in [1.82, 2.24) is 15.5 Å². The quantitative estimate of drug-likeness (QED) is 0.669. The third kappa shape index (κ3) is 6.19. The molecule has 1 fully saturated rings. The summed E-state index contributed by atoms with van der Waals surface area (Å²) >= 11 is 0. The van der Waals surface area contributed by atoms with Gasteiger partial charge < -0.3 is 15.5 Å².